The predicted octanol–water partition coefficient (Wildman–Crippen LogP) is 1.97. The lowest BCUT2D eigenvalue weighted by Gasteiger charge is -2.37. The number of amides is 1. The number of fused-ring (bicyclic) bond motifs is 1. The van der Waals surface area contributed by atoms with Gasteiger partial charge in [-0.3, -0.25) is 4.18 Å². The molecule has 2 aliphatic rings. The van der Waals surface area contributed by atoms with E-state index in [4.69, 9.17) is 9.47 Å². The quantitative estimate of drug-likeness (QED) is 0.180. The van der Waals surface area contributed by atoms with E-state index in [9.17, 15) is 36.0 Å². The number of alkyl carbamates (subject to hydrolysis) is 1. The molecule has 10 nitrogen and oxygen atoms in total. The van der Waals surface area contributed by atoms with Gasteiger partial charge in [0.15, 0.2) is 5.54 Å². The number of hydrogen-bond donors (Lipinski definition) is 1. The summed E-state index contributed by atoms with van der Waals surface area (Å²) in [7, 11) is -6.28. The van der Waals surface area contributed by atoms with Gasteiger partial charge >= 0.3 is 33.7 Å². The van der Waals surface area contributed by atoms with E-state index in [0.29, 0.717) is 0 Å². The van der Waals surface area contributed by atoms with Gasteiger partial charge in [0.05, 0.1) is 13.2 Å². The van der Waals surface area contributed by atoms with Gasteiger partial charge in [-0.25, -0.2) is 18.8 Å². The van der Waals surface area contributed by atoms with E-state index < -0.39 is 74.8 Å². The fraction of sp³-hybridized carbons (Fsp3) is 0.833. The highest BCUT2D eigenvalue weighted by Gasteiger charge is 2.87. The van der Waals surface area contributed by atoms with E-state index in [-0.39, 0.29) is 13.2 Å². The average molecular weight is 507 g/mol. The Morgan fingerprint density at radius 3 is 2.00 bits per heavy atom. The third-order valence-electron chi connectivity index (χ3n) is 5.19. The third kappa shape index (κ3) is 4.74. The van der Waals surface area contributed by atoms with E-state index in [0.717, 1.165) is 0 Å². The van der Waals surface area contributed by atoms with Crippen LogP contribution in [0, 0.1) is 11.8 Å². The fourth-order valence-corrected chi connectivity index (χ4v) is 4.68. The van der Waals surface area contributed by atoms with Gasteiger partial charge in [0.25, 0.3) is 0 Å². The van der Waals surface area contributed by atoms with Gasteiger partial charge in [0.1, 0.15) is 11.7 Å². The molecule has 0 bridgehead atoms. The maximum absolute atomic E-state index is 15.6. The molecular weight excluding hydrogens is 482 g/mol. The number of carbonyl (C=O) groups is 3. The molecular formula is C18H25F4NO9S. The Morgan fingerprint density at radius 2 is 1.55 bits per heavy atom. The lowest BCUT2D eigenvalue weighted by atomic mass is 9.86. The van der Waals surface area contributed by atoms with Crippen LogP contribution in [-0.2, 0) is 38.1 Å². The smallest absolute Gasteiger partial charge is 0.464 e. The second-order valence-corrected chi connectivity index (χ2v) is 10.1. The molecule has 0 aromatic rings. The molecule has 15 heteroatoms. The topological polar surface area (TPSA) is 134 Å². The van der Waals surface area contributed by atoms with E-state index in [1.165, 1.54) is 34.6 Å². The van der Waals surface area contributed by atoms with Crippen LogP contribution in [0.2, 0.25) is 0 Å². The van der Waals surface area contributed by atoms with Crippen LogP contribution in [0.15, 0.2) is 0 Å². The second kappa shape index (κ2) is 8.56. The third-order valence-corrected chi connectivity index (χ3v) is 6.24. The number of esters is 2. The average Bonchev–Trinajstić information content (AvgIpc) is 3.08. The minimum atomic E-state index is -6.28. The molecule has 190 valence electrons. The Hall–Kier alpha value is -2.16. The van der Waals surface area contributed by atoms with E-state index in [2.05, 4.69) is 8.92 Å². The largest absolute Gasteiger partial charge is 0.523 e. The Bertz CT molecular complexity index is 917. The standard InChI is InChI=1S/C18H25F4NO9S/c1-6-29-12(24)16(19)9-8-10(32-33(27,28)18(20,21)22)17(11(9)16,13(25)30-7-2)23-14(26)31-15(3,4)5/h9-11H,6-8H2,1-5H3,(H,23,26)/t9?,10?,11-,16+,17-/m0/s1. The van der Waals surface area contributed by atoms with Crippen molar-refractivity contribution >= 4 is 28.1 Å². The summed E-state index contributed by atoms with van der Waals surface area (Å²) in [6, 6.07) is 0. The van der Waals surface area contributed by atoms with Crippen LogP contribution in [0.4, 0.5) is 22.4 Å². The Labute approximate surface area is 187 Å². The molecule has 1 N–H and O–H groups in total. The van der Waals surface area contributed by atoms with Crippen LogP contribution < -0.4 is 5.32 Å². The molecule has 2 unspecified atom stereocenters. The normalized spacial score (nSPS) is 31.4. The minimum absolute atomic E-state index is 0.252. The summed E-state index contributed by atoms with van der Waals surface area (Å²) >= 11 is 0. The van der Waals surface area contributed by atoms with E-state index >= 15 is 4.39 Å². The van der Waals surface area contributed by atoms with Gasteiger partial charge in [-0.1, -0.05) is 0 Å². The zero-order valence-electron chi connectivity index (χ0n) is 18.4. The molecule has 0 spiro atoms. The SMILES string of the molecule is CCOC(=O)[C@@]1(F)C2CC(OS(=O)(=O)C(F)(F)F)[C@@](NC(=O)OC(C)(C)C)(C(=O)OCC)[C@@H]21. The summed E-state index contributed by atoms with van der Waals surface area (Å²) in [5, 5.41) is 1.96. The number of carbonyl (C=O) groups excluding carboxylic acids is 3. The summed E-state index contributed by atoms with van der Waals surface area (Å²) in [6.45, 7) is 6.35. The van der Waals surface area contributed by atoms with Crippen LogP contribution in [0.25, 0.3) is 0 Å². The maximum Gasteiger partial charge on any atom is 0.523 e. The molecule has 0 aromatic heterocycles. The molecule has 0 radical (unpaired) electrons. The van der Waals surface area contributed by atoms with Gasteiger partial charge in [0.2, 0.25) is 5.67 Å². The Morgan fingerprint density at radius 1 is 1.03 bits per heavy atom. The highest BCUT2D eigenvalue weighted by molar-refractivity contribution is 7.87. The number of rotatable bonds is 7. The number of nitrogens with one attached hydrogen (secondary N) is 1. The number of ether oxygens (including phenoxy) is 3. The first-order valence-corrected chi connectivity index (χ1v) is 11.3. The van der Waals surface area contributed by atoms with E-state index in [1.54, 1.807) is 0 Å². The number of halogens is 4. The summed E-state index contributed by atoms with van der Waals surface area (Å²) < 4.78 is 96.7. The molecule has 1 amide bonds. The first kappa shape index (κ1) is 27.1. The molecule has 2 aliphatic carbocycles. The Balaban J connectivity index is 2.59. The first-order chi connectivity index (χ1) is 14.9. The molecule has 0 saturated heterocycles. The van der Waals surface area contributed by atoms with Crippen molar-refractivity contribution in [1.29, 1.82) is 0 Å². The first-order valence-electron chi connectivity index (χ1n) is 9.92. The van der Waals surface area contributed by atoms with Crippen LogP contribution in [-0.4, -0.2) is 68.1 Å². The molecule has 5 atom stereocenters. The van der Waals surface area contributed by atoms with E-state index in [1.807, 2.05) is 5.32 Å². The molecule has 0 aliphatic heterocycles. The lowest BCUT2D eigenvalue weighted by molar-refractivity contribution is -0.162. The van der Waals surface area contributed by atoms with Crippen molar-refractivity contribution in [2.24, 2.45) is 11.8 Å². The summed E-state index contributed by atoms with van der Waals surface area (Å²) in [5.74, 6) is -6.24. The van der Waals surface area contributed by atoms with Gasteiger partial charge in [0, 0.05) is 11.8 Å². The van der Waals surface area contributed by atoms with Gasteiger partial charge in [-0.15, -0.1) is 0 Å². The van der Waals surface area contributed by atoms with Crippen LogP contribution >= 0.6 is 0 Å². The van der Waals surface area contributed by atoms with Gasteiger partial charge < -0.3 is 19.5 Å². The minimum Gasteiger partial charge on any atom is -0.464 e. The highest BCUT2D eigenvalue weighted by atomic mass is 32.2. The van der Waals surface area contributed by atoms with Crippen molar-refractivity contribution in [3.05, 3.63) is 0 Å². The van der Waals surface area contributed by atoms with Crippen molar-refractivity contribution in [2.45, 2.75) is 69.5 Å². The van der Waals surface area contributed by atoms with Crippen LogP contribution in [0.3, 0.4) is 0 Å². The molecule has 2 rings (SSSR count). The number of alkyl halides is 4. The summed E-state index contributed by atoms with van der Waals surface area (Å²) in [4.78, 5) is 37.7. The van der Waals surface area contributed by atoms with Crippen LogP contribution in [0.5, 0.6) is 0 Å². The molecule has 0 aromatic carbocycles. The lowest BCUT2D eigenvalue weighted by Crippen LogP contribution is -2.66. The second-order valence-electron chi connectivity index (χ2n) is 8.51. The van der Waals surface area contributed by atoms with Crippen molar-refractivity contribution in [2.75, 3.05) is 13.2 Å². The summed E-state index contributed by atoms with van der Waals surface area (Å²) in [6.07, 6.45) is -4.49. The number of hydrogen-bond acceptors (Lipinski definition) is 9. The zero-order chi connectivity index (χ0) is 25.6. The maximum atomic E-state index is 15.6. The van der Waals surface area contributed by atoms with Crippen molar-refractivity contribution in [3.63, 3.8) is 0 Å². The van der Waals surface area contributed by atoms with Gasteiger partial charge in [-0.05, 0) is 41.0 Å². The Kier molecular flexibility index (Phi) is 7.03. The highest BCUT2D eigenvalue weighted by Crippen LogP contribution is 2.68. The van der Waals surface area contributed by atoms with Crippen molar-refractivity contribution in [1.82, 2.24) is 5.32 Å². The molecule has 33 heavy (non-hydrogen) atoms. The summed E-state index contributed by atoms with van der Waals surface area (Å²) in [5.41, 5.74) is -12.8. The van der Waals surface area contributed by atoms with Gasteiger partial charge in [-0.2, -0.15) is 21.6 Å². The zero-order valence-corrected chi connectivity index (χ0v) is 19.3. The molecule has 2 saturated carbocycles. The van der Waals surface area contributed by atoms with Crippen molar-refractivity contribution in [3.8, 4) is 0 Å². The molecule has 2 fully saturated rings. The molecule has 0 heterocycles. The monoisotopic (exact) mass is 507 g/mol. The predicted molar refractivity (Wildman–Crippen MR) is 101 cm³/mol. The van der Waals surface area contributed by atoms with Crippen molar-refractivity contribution < 1.29 is 58.8 Å². The fourth-order valence-electron chi connectivity index (χ4n) is 4.03. The van der Waals surface area contributed by atoms with Crippen LogP contribution in [0.1, 0.15) is 41.0 Å².